The molecule has 0 aliphatic heterocycles. The van der Waals surface area contributed by atoms with Gasteiger partial charge in [-0.25, -0.2) is 0 Å². The summed E-state index contributed by atoms with van der Waals surface area (Å²) in [5.74, 6) is -0.814. The van der Waals surface area contributed by atoms with E-state index < -0.39 is 23.8 Å². The summed E-state index contributed by atoms with van der Waals surface area (Å²) in [6.07, 6.45) is -4.53. The summed E-state index contributed by atoms with van der Waals surface area (Å²) in [6.45, 7) is 1.82. The van der Waals surface area contributed by atoms with Gasteiger partial charge in [0, 0.05) is 6.07 Å². The van der Waals surface area contributed by atoms with Gasteiger partial charge in [0.1, 0.15) is 6.04 Å². The zero-order valence-electron chi connectivity index (χ0n) is 12.5. The van der Waals surface area contributed by atoms with Crippen LogP contribution in [0.15, 0.2) is 34.9 Å². The summed E-state index contributed by atoms with van der Waals surface area (Å²) in [5, 5.41) is 13.1. The standard InChI is InChI=1S/C15H15F3N2O3/c1-9-6-12(23-19-9)8-20(2)13(14(21)22)10-4-3-5-11(7-10)15(16,17)18/h3-7,13H,8H2,1-2H3,(H,21,22)/t13-/m0/s1. The van der Waals surface area contributed by atoms with Crippen LogP contribution in [0.1, 0.15) is 28.6 Å². The third-order valence-electron chi connectivity index (χ3n) is 3.29. The van der Waals surface area contributed by atoms with Crippen LogP contribution in [0.2, 0.25) is 0 Å². The maximum atomic E-state index is 12.8. The fourth-order valence-electron chi connectivity index (χ4n) is 2.30. The van der Waals surface area contributed by atoms with Gasteiger partial charge in [0.05, 0.1) is 17.8 Å². The second-order valence-electron chi connectivity index (χ2n) is 5.21. The Kier molecular flexibility index (Phi) is 4.74. The van der Waals surface area contributed by atoms with Crippen LogP contribution in [0, 0.1) is 6.92 Å². The monoisotopic (exact) mass is 328 g/mol. The van der Waals surface area contributed by atoms with E-state index >= 15 is 0 Å². The normalized spacial score (nSPS) is 13.3. The molecule has 0 amide bonds. The molecule has 0 saturated carbocycles. The van der Waals surface area contributed by atoms with Gasteiger partial charge in [0.25, 0.3) is 0 Å². The molecule has 0 aliphatic carbocycles. The number of carboxylic acids is 1. The van der Waals surface area contributed by atoms with E-state index in [4.69, 9.17) is 4.52 Å². The lowest BCUT2D eigenvalue weighted by atomic mass is 10.0. The Morgan fingerprint density at radius 3 is 2.61 bits per heavy atom. The van der Waals surface area contributed by atoms with Crippen LogP contribution >= 0.6 is 0 Å². The molecular formula is C15H15F3N2O3. The smallest absolute Gasteiger partial charge is 0.416 e. The Morgan fingerprint density at radius 1 is 1.39 bits per heavy atom. The van der Waals surface area contributed by atoms with Gasteiger partial charge in [-0.3, -0.25) is 9.69 Å². The van der Waals surface area contributed by atoms with Crippen molar-refractivity contribution in [2.75, 3.05) is 7.05 Å². The Bertz CT molecular complexity index is 697. The highest BCUT2D eigenvalue weighted by Crippen LogP contribution is 2.32. The van der Waals surface area contributed by atoms with Crippen LogP contribution in [0.3, 0.4) is 0 Å². The first-order valence-corrected chi connectivity index (χ1v) is 6.71. The number of alkyl halides is 3. The topological polar surface area (TPSA) is 66.6 Å². The van der Waals surface area contributed by atoms with E-state index in [2.05, 4.69) is 5.16 Å². The lowest BCUT2D eigenvalue weighted by molar-refractivity contribution is -0.144. The summed E-state index contributed by atoms with van der Waals surface area (Å²) >= 11 is 0. The highest BCUT2D eigenvalue weighted by atomic mass is 19.4. The van der Waals surface area contributed by atoms with Crippen molar-refractivity contribution in [1.82, 2.24) is 10.1 Å². The second kappa shape index (κ2) is 6.41. The highest BCUT2D eigenvalue weighted by molar-refractivity contribution is 5.75. The van der Waals surface area contributed by atoms with Crippen molar-refractivity contribution >= 4 is 5.97 Å². The Labute approximate surface area is 130 Å². The van der Waals surface area contributed by atoms with Crippen molar-refractivity contribution in [2.45, 2.75) is 25.7 Å². The molecule has 0 unspecified atom stereocenters. The number of aryl methyl sites for hydroxylation is 1. The molecule has 0 saturated heterocycles. The lowest BCUT2D eigenvalue weighted by Crippen LogP contribution is -2.30. The minimum atomic E-state index is -4.53. The predicted octanol–water partition coefficient (Wildman–Crippen LogP) is 3.26. The highest BCUT2D eigenvalue weighted by Gasteiger charge is 2.33. The molecule has 0 radical (unpaired) electrons. The summed E-state index contributed by atoms with van der Waals surface area (Å²) in [5.41, 5.74) is -0.199. The lowest BCUT2D eigenvalue weighted by Gasteiger charge is -2.24. The maximum Gasteiger partial charge on any atom is 0.416 e. The van der Waals surface area contributed by atoms with Crippen molar-refractivity contribution in [1.29, 1.82) is 0 Å². The number of nitrogens with zero attached hydrogens (tertiary/aromatic N) is 2. The number of hydrogen-bond acceptors (Lipinski definition) is 4. The van der Waals surface area contributed by atoms with Crippen LogP contribution < -0.4 is 0 Å². The summed E-state index contributed by atoms with van der Waals surface area (Å²) < 4.78 is 43.4. The zero-order valence-corrected chi connectivity index (χ0v) is 12.5. The number of aromatic nitrogens is 1. The van der Waals surface area contributed by atoms with E-state index in [1.807, 2.05) is 0 Å². The van der Waals surface area contributed by atoms with Crippen LogP contribution in [0.25, 0.3) is 0 Å². The molecule has 0 fully saturated rings. The molecule has 5 nitrogen and oxygen atoms in total. The third kappa shape index (κ3) is 4.10. The van der Waals surface area contributed by atoms with Gasteiger partial charge in [-0.05, 0) is 31.7 Å². The van der Waals surface area contributed by atoms with Crippen LogP contribution in [-0.2, 0) is 17.5 Å². The molecule has 23 heavy (non-hydrogen) atoms. The summed E-state index contributed by atoms with van der Waals surface area (Å²) in [7, 11) is 1.50. The number of rotatable bonds is 5. The molecule has 0 spiro atoms. The van der Waals surface area contributed by atoms with Gasteiger partial charge < -0.3 is 9.63 Å². The van der Waals surface area contributed by atoms with Gasteiger partial charge in [-0.2, -0.15) is 13.2 Å². The fourth-order valence-corrected chi connectivity index (χ4v) is 2.30. The van der Waals surface area contributed by atoms with E-state index in [1.165, 1.54) is 24.1 Å². The number of likely N-dealkylation sites (N-methyl/N-ethyl adjacent to an activating group) is 1. The molecule has 0 aliphatic rings. The zero-order chi connectivity index (χ0) is 17.2. The van der Waals surface area contributed by atoms with E-state index in [0.717, 1.165) is 12.1 Å². The van der Waals surface area contributed by atoms with Crippen molar-refractivity contribution < 1.29 is 27.6 Å². The molecule has 2 rings (SSSR count). The molecule has 1 aromatic heterocycles. The molecule has 124 valence electrons. The first kappa shape index (κ1) is 17.0. The van der Waals surface area contributed by atoms with E-state index in [1.54, 1.807) is 13.0 Å². The van der Waals surface area contributed by atoms with Crippen LogP contribution in [0.4, 0.5) is 13.2 Å². The third-order valence-corrected chi connectivity index (χ3v) is 3.29. The molecule has 1 N–H and O–H groups in total. The SMILES string of the molecule is Cc1cc(CN(C)[C@H](C(=O)O)c2cccc(C(F)(F)F)c2)on1. The molecule has 2 aromatic rings. The molecular weight excluding hydrogens is 313 g/mol. The molecule has 1 aromatic carbocycles. The van der Waals surface area contributed by atoms with Crippen LogP contribution in [0.5, 0.6) is 0 Å². The molecule has 1 atom stereocenters. The predicted molar refractivity (Wildman–Crippen MR) is 74.5 cm³/mol. The minimum absolute atomic E-state index is 0.0473. The second-order valence-corrected chi connectivity index (χ2v) is 5.21. The van der Waals surface area contributed by atoms with Crippen molar-refractivity contribution in [2.24, 2.45) is 0 Å². The maximum absolute atomic E-state index is 12.8. The summed E-state index contributed by atoms with van der Waals surface area (Å²) in [4.78, 5) is 12.9. The van der Waals surface area contributed by atoms with Crippen molar-refractivity contribution in [3.8, 4) is 0 Å². The Morgan fingerprint density at radius 2 is 2.09 bits per heavy atom. The van der Waals surface area contributed by atoms with E-state index in [9.17, 15) is 23.1 Å². The molecule has 1 heterocycles. The number of carbonyl (C=O) groups is 1. The van der Waals surface area contributed by atoms with Gasteiger partial charge >= 0.3 is 12.1 Å². The average molecular weight is 328 g/mol. The minimum Gasteiger partial charge on any atom is -0.480 e. The van der Waals surface area contributed by atoms with Gasteiger partial charge in [0.2, 0.25) is 0 Å². The summed E-state index contributed by atoms with van der Waals surface area (Å²) in [6, 6.07) is 4.71. The Balaban J connectivity index is 2.29. The Hall–Kier alpha value is -2.35. The van der Waals surface area contributed by atoms with E-state index in [-0.39, 0.29) is 12.1 Å². The van der Waals surface area contributed by atoms with Gasteiger partial charge in [-0.15, -0.1) is 0 Å². The number of halogens is 3. The van der Waals surface area contributed by atoms with Crippen molar-refractivity contribution in [3.63, 3.8) is 0 Å². The first-order chi connectivity index (χ1) is 10.7. The first-order valence-electron chi connectivity index (χ1n) is 6.71. The van der Waals surface area contributed by atoms with Gasteiger partial charge in [0.15, 0.2) is 5.76 Å². The van der Waals surface area contributed by atoms with Gasteiger partial charge in [-0.1, -0.05) is 17.3 Å². The number of aliphatic carboxylic acids is 1. The molecule has 8 heteroatoms. The fraction of sp³-hybridized carbons (Fsp3) is 0.333. The number of hydrogen-bond donors (Lipinski definition) is 1. The largest absolute Gasteiger partial charge is 0.480 e. The van der Waals surface area contributed by atoms with Crippen LogP contribution in [-0.4, -0.2) is 28.2 Å². The quantitative estimate of drug-likeness (QED) is 0.912. The van der Waals surface area contributed by atoms with Crippen molar-refractivity contribution in [3.05, 3.63) is 52.9 Å². The average Bonchev–Trinajstić information content (AvgIpc) is 2.83. The number of carboxylic acid groups (broad SMARTS) is 1. The molecule has 0 bridgehead atoms. The number of benzene rings is 1. The van der Waals surface area contributed by atoms with E-state index in [0.29, 0.717) is 11.5 Å².